The lowest BCUT2D eigenvalue weighted by Crippen LogP contribution is -2.12. The fraction of sp³-hybridized carbons (Fsp3) is 0.0625. The Hall–Kier alpha value is -2.02. The highest BCUT2D eigenvalue weighted by Crippen LogP contribution is 2.18. The van der Waals surface area contributed by atoms with Gasteiger partial charge in [-0.05, 0) is 42.0 Å². The summed E-state index contributed by atoms with van der Waals surface area (Å²) < 4.78 is 28.8. The van der Waals surface area contributed by atoms with Crippen molar-refractivity contribution in [1.82, 2.24) is 9.78 Å². The van der Waals surface area contributed by atoms with Gasteiger partial charge in [0, 0.05) is 16.2 Å². The largest absolute Gasteiger partial charge is 0.276 e. The van der Waals surface area contributed by atoms with E-state index in [0.29, 0.717) is 22.3 Å². The van der Waals surface area contributed by atoms with Crippen molar-refractivity contribution in [3.63, 3.8) is 0 Å². The predicted molar refractivity (Wildman–Crippen MR) is 95.0 cm³/mol. The van der Waals surface area contributed by atoms with Gasteiger partial charge in [0.2, 0.25) is 0 Å². The SMILES string of the molecule is O=S(=O)(Nc1cnn(Cc2ccc(Cl)cc2)c1)c1ccc(Cl)cc1. The number of hydrogen-bond acceptors (Lipinski definition) is 3. The highest BCUT2D eigenvalue weighted by molar-refractivity contribution is 7.92. The van der Waals surface area contributed by atoms with Gasteiger partial charge in [0.1, 0.15) is 0 Å². The molecule has 0 fully saturated rings. The fourth-order valence-electron chi connectivity index (χ4n) is 2.11. The van der Waals surface area contributed by atoms with Crippen LogP contribution in [0.4, 0.5) is 5.69 Å². The van der Waals surface area contributed by atoms with E-state index in [4.69, 9.17) is 23.2 Å². The quantitative estimate of drug-likeness (QED) is 0.725. The molecule has 1 N–H and O–H groups in total. The molecule has 24 heavy (non-hydrogen) atoms. The second-order valence-electron chi connectivity index (χ2n) is 5.11. The molecule has 8 heteroatoms. The summed E-state index contributed by atoms with van der Waals surface area (Å²) >= 11 is 11.6. The van der Waals surface area contributed by atoms with Crippen LogP contribution in [0.15, 0.2) is 65.8 Å². The molecule has 2 aromatic carbocycles. The number of hydrogen-bond donors (Lipinski definition) is 1. The van der Waals surface area contributed by atoms with Crippen LogP contribution in [0, 0.1) is 0 Å². The molecule has 0 atom stereocenters. The second-order valence-corrected chi connectivity index (χ2v) is 7.67. The van der Waals surface area contributed by atoms with E-state index in [1.54, 1.807) is 23.0 Å². The Morgan fingerprint density at radius 1 is 0.958 bits per heavy atom. The first-order chi connectivity index (χ1) is 11.4. The molecule has 0 saturated heterocycles. The van der Waals surface area contributed by atoms with E-state index in [0.717, 1.165) is 5.56 Å². The zero-order valence-corrected chi connectivity index (χ0v) is 14.7. The monoisotopic (exact) mass is 381 g/mol. The van der Waals surface area contributed by atoms with Crippen molar-refractivity contribution in [2.45, 2.75) is 11.4 Å². The van der Waals surface area contributed by atoms with Crippen LogP contribution in [0.5, 0.6) is 0 Å². The molecule has 0 unspecified atom stereocenters. The third-order valence-electron chi connectivity index (χ3n) is 3.27. The van der Waals surface area contributed by atoms with Crippen LogP contribution in [0.2, 0.25) is 10.0 Å². The highest BCUT2D eigenvalue weighted by Gasteiger charge is 2.15. The molecule has 0 aliphatic heterocycles. The normalized spacial score (nSPS) is 11.4. The van der Waals surface area contributed by atoms with Crippen molar-refractivity contribution in [1.29, 1.82) is 0 Å². The summed E-state index contributed by atoms with van der Waals surface area (Å²) in [6.07, 6.45) is 3.09. The summed E-state index contributed by atoms with van der Waals surface area (Å²) in [5, 5.41) is 5.30. The van der Waals surface area contributed by atoms with Crippen molar-refractivity contribution >= 4 is 38.9 Å². The Bertz CT molecular complexity index is 936. The van der Waals surface area contributed by atoms with E-state index in [2.05, 4.69) is 9.82 Å². The molecule has 0 aliphatic rings. The Balaban J connectivity index is 1.73. The third-order valence-corrected chi connectivity index (χ3v) is 5.17. The molecule has 0 bridgehead atoms. The van der Waals surface area contributed by atoms with Gasteiger partial charge < -0.3 is 0 Å². The number of nitrogens with zero attached hydrogens (tertiary/aromatic N) is 2. The zero-order chi connectivity index (χ0) is 17.2. The van der Waals surface area contributed by atoms with Crippen LogP contribution in [-0.2, 0) is 16.6 Å². The molecule has 3 aromatic rings. The van der Waals surface area contributed by atoms with Crippen LogP contribution in [-0.4, -0.2) is 18.2 Å². The van der Waals surface area contributed by atoms with Gasteiger partial charge >= 0.3 is 0 Å². The first-order valence-electron chi connectivity index (χ1n) is 6.98. The molecule has 0 spiro atoms. The number of sulfonamides is 1. The van der Waals surface area contributed by atoms with E-state index in [1.165, 1.54) is 30.5 Å². The molecule has 3 rings (SSSR count). The van der Waals surface area contributed by atoms with Crippen molar-refractivity contribution in [2.24, 2.45) is 0 Å². The first kappa shape index (κ1) is 16.8. The van der Waals surface area contributed by atoms with Gasteiger partial charge in [0.15, 0.2) is 0 Å². The van der Waals surface area contributed by atoms with Crippen molar-refractivity contribution in [3.8, 4) is 0 Å². The lowest BCUT2D eigenvalue weighted by Gasteiger charge is -2.06. The average molecular weight is 382 g/mol. The number of anilines is 1. The third kappa shape index (κ3) is 4.08. The summed E-state index contributed by atoms with van der Waals surface area (Å²) in [5.74, 6) is 0. The maximum Gasteiger partial charge on any atom is 0.261 e. The summed E-state index contributed by atoms with van der Waals surface area (Å²) in [4.78, 5) is 0.136. The zero-order valence-electron chi connectivity index (χ0n) is 12.4. The first-order valence-corrected chi connectivity index (χ1v) is 9.21. The Kier molecular flexibility index (Phi) is 4.80. The van der Waals surface area contributed by atoms with Crippen molar-refractivity contribution < 1.29 is 8.42 Å². The lowest BCUT2D eigenvalue weighted by atomic mass is 10.2. The maximum absolute atomic E-state index is 12.3. The summed E-state index contributed by atoms with van der Waals surface area (Å²) in [5.41, 5.74) is 1.40. The van der Waals surface area contributed by atoms with Gasteiger partial charge in [-0.25, -0.2) is 8.42 Å². The minimum atomic E-state index is -3.67. The van der Waals surface area contributed by atoms with E-state index in [-0.39, 0.29) is 4.90 Å². The van der Waals surface area contributed by atoms with Gasteiger partial charge in [-0.1, -0.05) is 35.3 Å². The fourth-order valence-corrected chi connectivity index (χ4v) is 3.39. The highest BCUT2D eigenvalue weighted by atomic mass is 35.5. The predicted octanol–water partition coefficient (Wildman–Crippen LogP) is 4.04. The Morgan fingerprint density at radius 3 is 2.17 bits per heavy atom. The summed E-state index contributed by atoms with van der Waals surface area (Å²) in [6.45, 7) is 0.514. The standard InChI is InChI=1S/C16H13Cl2N3O2S/c17-13-3-1-12(2-4-13)10-21-11-15(9-19-21)20-24(22,23)16-7-5-14(18)6-8-16/h1-9,11,20H,10H2. The van der Waals surface area contributed by atoms with Crippen LogP contribution in [0.3, 0.4) is 0 Å². The molecule has 1 heterocycles. The van der Waals surface area contributed by atoms with Gasteiger partial charge in [-0.3, -0.25) is 9.40 Å². The number of halogens is 2. The number of benzene rings is 2. The summed E-state index contributed by atoms with van der Waals surface area (Å²) in [7, 11) is -3.67. The van der Waals surface area contributed by atoms with Crippen LogP contribution in [0.25, 0.3) is 0 Å². The molecule has 0 amide bonds. The minimum absolute atomic E-state index is 0.136. The lowest BCUT2D eigenvalue weighted by molar-refractivity contribution is 0.601. The maximum atomic E-state index is 12.3. The molecule has 5 nitrogen and oxygen atoms in total. The van der Waals surface area contributed by atoms with Crippen LogP contribution < -0.4 is 4.72 Å². The van der Waals surface area contributed by atoms with E-state index >= 15 is 0 Å². The molecule has 0 radical (unpaired) electrons. The van der Waals surface area contributed by atoms with Crippen LogP contribution in [0.1, 0.15) is 5.56 Å². The Labute approximate surface area is 149 Å². The van der Waals surface area contributed by atoms with Gasteiger partial charge in [-0.2, -0.15) is 5.10 Å². The van der Waals surface area contributed by atoms with E-state index < -0.39 is 10.0 Å². The molecular weight excluding hydrogens is 369 g/mol. The molecular formula is C16H13Cl2N3O2S. The van der Waals surface area contributed by atoms with Crippen LogP contribution >= 0.6 is 23.2 Å². The molecule has 0 aliphatic carbocycles. The topological polar surface area (TPSA) is 64.0 Å². The van der Waals surface area contributed by atoms with Crippen molar-refractivity contribution in [2.75, 3.05) is 4.72 Å². The van der Waals surface area contributed by atoms with Gasteiger partial charge in [0.05, 0.1) is 23.3 Å². The minimum Gasteiger partial charge on any atom is -0.276 e. The van der Waals surface area contributed by atoms with Gasteiger partial charge in [0.25, 0.3) is 10.0 Å². The second kappa shape index (κ2) is 6.84. The number of rotatable bonds is 5. The van der Waals surface area contributed by atoms with Gasteiger partial charge in [-0.15, -0.1) is 0 Å². The Morgan fingerprint density at radius 2 is 1.54 bits per heavy atom. The molecule has 124 valence electrons. The van der Waals surface area contributed by atoms with Crippen molar-refractivity contribution in [3.05, 3.63) is 76.5 Å². The smallest absolute Gasteiger partial charge is 0.261 e. The van der Waals surface area contributed by atoms with E-state index in [1.807, 2.05) is 12.1 Å². The molecule has 1 aromatic heterocycles. The number of aromatic nitrogens is 2. The number of nitrogens with one attached hydrogen (secondary N) is 1. The summed E-state index contributed by atoms with van der Waals surface area (Å²) in [6, 6.07) is 13.3. The average Bonchev–Trinajstić information content (AvgIpc) is 2.96. The molecule has 0 saturated carbocycles. The van der Waals surface area contributed by atoms with E-state index in [9.17, 15) is 8.42 Å².